The van der Waals surface area contributed by atoms with Crippen LogP contribution < -0.4 is 5.32 Å². The van der Waals surface area contributed by atoms with E-state index < -0.39 is 0 Å². The maximum absolute atomic E-state index is 10.7. The van der Waals surface area contributed by atoms with E-state index in [1.807, 2.05) is 31.2 Å². The molecule has 0 radical (unpaired) electrons. The topological polar surface area (TPSA) is 61.3 Å². The summed E-state index contributed by atoms with van der Waals surface area (Å²) >= 11 is 1.69. The van der Waals surface area contributed by atoms with Crippen molar-refractivity contribution >= 4 is 27.2 Å². The van der Waals surface area contributed by atoms with Gasteiger partial charge >= 0.3 is 0 Å². The number of anilines is 1. The monoisotopic (exact) mass is 368 g/mol. The number of likely N-dealkylation sites (tertiary alicyclic amines) is 1. The standard InChI is InChI=1S/C20H24N4OS/c1-12-9-18(21-14-5-4-8-24(3)11-14)22-23-19(12)15-6-7-17-16(20(15)25)10-13(2)26-17/h6-7,9-10,14,25H,4-5,8,11H2,1-3H3,(H,21,22)/t14-/m1/s1. The van der Waals surface area contributed by atoms with Crippen LogP contribution in [0.5, 0.6) is 5.75 Å². The first-order chi connectivity index (χ1) is 12.5. The van der Waals surface area contributed by atoms with Crippen molar-refractivity contribution in [3.63, 3.8) is 0 Å². The minimum absolute atomic E-state index is 0.291. The highest BCUT2D eigenvalue weighted by Gasteiger charge is 2.19. The van der Waals surface area contributed by atoms with Crippen LogP contribution in [0, 0.1) is 13.8 Å². The Morgan fingerprint density at radius 2 is 2.08 bits per heavy atom. The highest BCUT2D eigenvalue weighted by atomic mass is 32.1. The number of fused-ring (bicyclic) bond motifs is 1. The summed E-state index contributed by atoms with van der Waals surface area (Å²) in [7, 11) is 2.15. The summed E-state index contributed by atoms with van der Waals surface area (Å²) in [4.78, 5) is 3.53. The quantitative estimate of drug-likeness (QED) is 0.726. The number of aromatic hydroxyl groups is 1. The molecule has 3 heterocycles. The molecule has 6 heteroatoms. The second-order valence-corrected chi connectivity index (χ2v) is 8.53. The van der Waals surface area contributed by atoms with Gasteiger partial charge in [0.25, 0.3) is 0 Å². The van der Waals surface area contributed by atoms with Gasteiger partial charge in [-0.3, -0.25) is 0 Å². The molecular formula is C20H24N4OS. The molecule has 26 heavy (non-hydrogen) atoms. The van der Waals surface area contributed by atoms with Crippen LogP contribution in [0.4, 0.5) is 5.82 Å². The summed E-state index contributed by atoms with van der Waals surface area (Å²) in [6.07, 6.45) is 2.36. The first-order valence-corrected chi connectivity index (χ1v) is 9.85. The van der Waals surface area contributed by atoms with E-state index in [1.54, 1.807) is 11.3 Å². The van der Waals surface area contributed by atoms with Crippen LogP contribution >= 0.6 is 11.3 Å². The second-order valence-electron chi connectivity index (χ2n) is 7.24. The van der Waals surface area contributed by atoms with Gasteiger partial charge in [-0.25, -0.2) is 0 Å². The largest absolute Gasteiger partial charge is 0.507 e. The number of benzene rings is 1. The average Bonchev–Trinajstić information content (AvgIpc) is 2.98. The molecule has 4 rings (SSSR count). The van der Waals surface area contributed by atoms with E-state index in [-0.39, 0.29) is 0 Å². The average molecular weight is 369 g/mol. The Morgan fingerprint density at radius 3 is 2.85 bits per heavy atom. The molecule has 2 aromatic heterocycles. The van der Waals surface area contributed by atoms with Crippen LogP contribution in [0.25, 0.3) is 21.3 Å². The number of piperidine rings is 1. The number of rotatable bonds is 3. The molecule has 1 saturated heterocycles. The normalized spacial score (nSPS) is 18.3. The Labute approximate surface area is 157 Å². The van der Waals surface area contributed by atoms with E-state index in [0.29, 0.717) is 11.8 Å². The van der Waals surface area contributed by atoms with E-state index >= 15 is 0 Å². The van der Waals surface area contributed by atoms with Crippen LogP contribution in [0.2, 0.25) is 0 Å². The summed E-state index contributed by atoms with van der Waals surface area (Å²) in [5.41, 5.74) is 2.48. The zero-order chi connectivity index (χ0) is 18.3. The number of nitrogens with zero attached hydrogens (tertiary/aromatic N) is 3. The fraction of sp³-hybridized carbons (Fsp3) is 0.400. The summed E-state index contributed by atoms with van der Waals surface area (Å²) < 4.78 is 1.09. The van der Waals surface area contributed by atoms with Gasteiger partial charge in [0.2, 0.25) is 0 Å². The summed E-state index contributed by atoms with van der Waals surface area (Å²) in [6.45, 7) is 6.26. The van der Waals surface area contributed by atoms with Crippen molar-refractivity contribution in [1.82, 2.24) is 15.1 Å². The van der Waals surface area contributed by atoms with Crippen LogP contribution in [-0.2, 0) is 0 Å². The number of phenolic OH excluding ortho intramolecular Hbond substituents is 1. The van der Waals surface area contributed by atoms with Crippen LogP contribution in [-0.4, -0.2) is 46.4 Å². The third kappa shape index (κ3) is 3.27. The number of hydrogen-bond acceptors (Lipinski definition) is 6. The molecule has 0 bridgehead atoms. The number of nitrogens with one attached hydrogen (secondary N) is 1. The minimum Gasteiger partial charge on any atom is -0.507 e. The summed E-state index contributed by atoms with van der Waals surface area (Å²) in [6, 6.07) is 8.45. The Balaban J connectivity index is 1.63. The van der Waals surface area contributed by atoms with Crippen molar-refractivity contribution in [2.24, 2.45) is 0 Å². The van der Waals surface area contributed by atoms with Gasteiger partial charge in [0.1, 0.15) is 11.6 Å². The molecule has 2 N–H and O–H groups in total. The molecule has 1 fully saturated rings. The maximum Gasteiger partial charge on any atom is 0.149 e. The van der Waals surface area contributed by atoms with Crippen LogP contribution in [0.3, 0.4) is 0 Å². The van der Waals surface area contributed by atoms with E-state index in [9.17, 15) is 5.11 Å². The van der Waals surface area contributed by atoms with Gasteiger partial charge in [-0.1, -0.05) is 0 Å². The molecule has 0 amide bonds. The molecule has 1 aliphatic rings. The van der Waals surface area contributed by atoms with Gasteiger partial charge < -0.3 is 15.3 Å². The van der Waals surface area contributed by atoms with Crippen molar-refractivity contribution < 1.29 is 5.11 Å². The van der Waals surface area contributed by atoms with Crippen LogP contribution in [0.1, 0.15) is 23.3 Å². The van der Waals surface area contributed by atoms with Crippen molar-refractivity contribution in [3.05, 3.63) is 34.7 Å². The molecule has 0 aliphatic carbocycles. The van der Waals surface area contributed by atoms with E-state index in [0.717, 1.165) is 52.2 Å². The molecule has 5 nitrogen and oxygen atoms in total. The lowest BCUT2D eigenvalue weighted by atomic mass is 10.0. The SMILES string of the molecule is Cc1cc2c(O)c(-c3nnc(N[C@@H]4CCCN(C)C4)cc3C)ccc2s1. The van der Waals surface area contributed by atoms with Gasteiger partial charge in [-0.15, -0.1) is 21.5 Å². The van der Waals surface area contributed by atoms with Crippen LogP contribution in [0.15, 0.2) is 24.3 Å². The Hall–Kier alpha value is -2.18. The summed E-state index contributed by atoms with van der Waals surface area (Å²) in [5.74, 6) is 1.09. The highest BCUT2D eigenvalue weighted by molar-refractivity contribution is 7.19. The Kier molecular flexibility index (Phi) is 4.54. The van der Waals surface area contributed by atoms with Gasteiger partial charge in [-0.05, 0) is 70.1 Å². The van der Waals surface area contributed by atoms with Crippen molar-refractivity contribution in [2.45, 2.75) is 32.7 Å². The van der Waals surface area contributed by atoms with Gasteiger partial charge in [0.05, 0.1) is 5.69 Å². The number of likely N-dealkylation sites (N-methyl/N-ethyl adjacent to an activating group) is 1. The zero-order valence-electron chi connectivity index (χ0n) is 15.4. The minimum atomic E-state index is 0.291. The lowest BCUT2D eigenvalue weighted by Gasteiger charge is -2.30. The Morgan fingerprint density at radius 1 is 1.23 bits per heavy atom. The van der Waals surface area contributed by atoms with Crippen molar-refractivity contribution in [1.29, 1.82) is 0 Å². The fourth-order valence-electron chi connectivity index (χ4n) is 3.73. The third-order valence-corrected chi connectivity index (χ3v) is 6.03. The zero-order valence-corrected chi connectivity index (χ0v) is 16.2. The van der Waals surface area contributed by atoms with Gasteiger partial charge in [-0.2, -0.15) is 0 Å². The molecule has 0 saturated carbocycles. The van der Waals surface area contributed by atoms with Gasteiger partial charge in [0.15, 0.2) is 0 Å². The fourth-order valence-corrected chi connectivity index (χ4v) is 4.66. The number of thiophene rings is 1. The first kappa shape index (κ1) is 17.2. The predicted molar refractivity (Wildman–Crippen MR) is 108 cm³/mol. The highest BCUT2D eigenvalue weighted by Crippen LogP contribution is 2.39. The first-order valence-electron chi connectivity index (χ1n) is 9.03. The smallest absolute Gasteiger partial charge is 0.149 e. The molecular weight excluding hydrogens is 344 g/mol. The molecule has 1 aromatic carbocycles. The number of aryl methyl sites for hydroxylation is 2. The summed E-state index contributed by atoms with van der Waals surface area (Å²) in [5, 5.41) is 23.9. The predicted octanol–water partition coefficient (Wildman–Crippen LogP) is 4.19. The number of hydrogen-bond donors (Lipinski definition) is 2. The molecule has 1 aliphatic heterocycles. The van der Waals surface area contributed by atoms with Crippen molar-refractivity contribution in [2.75, 3.05) is 25.5 Å². The third-order valence-electron chi connectivity index (χ3n) is 5.01. The number of aromatic nitrogens is 2. The molecule has 3 aromatic rings. The van der Waals surface area contributed by atoms with Crippen molar-refractivity contribution in [3.8, 4) is 17.0 Å². The maximum atomic E-state index is 10.7. The molecule has 0 unspecified atom stereocenters. The molecule has 136 valence electrons. The second kappa shape index (κ2) is 6.85. The Bertz CT molecular complexity index is 952. The van der Waals surface area contributed by atoms with E-state index in [1.165, 1.54) is 11.3 Å². The van der Waals surface area contributed by atoms with E-state index in [2.05, 4.69) is 34.4 Å². The molecule has 0 spiro atoms. The number of phenols is 1. The van der Waals surface area contributed by atoms with E-state index in [4.69, 9.17) is 0 Å². The lowest BCUT2D eigenvalue weighted by molar-refractivity contribution is 0.260. The van der Waals surface area contributed by atoms with Gasteiger partial charge in [0, 0.05) is 33.1 Å². The molecule has 1 atom stereocenters. The lowest BCUT2D eigenvalue weighted by Crippen LogP contribution is -2.39.